The number of nitrogens with two attached hydrogens (primary N) is 1. The normalized spacial score (nSPS) is 19.2. The highest BCUT2D eigenvalue weighted by atomic mass is 15.4. The molecular weight excluding hydrogens is 266 g/mol. The second-order valence-electron chi connectivity index (χ2n) is 6.54. The maximum atomic E-state index is 5.82. The van der Waals surface area contributed by atoms with Crippen molar-refractivity contribution in [1.29, 1.82) is 0 Å². The smallest absolute Gasteiger partial charge is 0.257 e. The Hall–Kier alpha value is -2.18. The van der Waals surface area contributed by atoms with Gasteiger partial charge in [-0.25, -0.2) is 4.68 Å². The molecule has 7 nitrogen and oxygen atoms in total. The van der Waals surface area contributed by atoms with Gasteiger partial charge in [-0.15, -0.1) is 0 Å². The minimum atomic E-state index is 0.227. The topological polar surface area (TPSA) is 85.8 Å². The van der Waals surface area contributed by atoms with Crippen molar-refractivity contribution in [2.45, 2.75) is 27.2 Å². The number of hydrogen-bond acceptors (Lipinski definition) is 6. The van der Waals surface area contributed by atoms with Crippen molar-refractivity contribution in [3.05, 3.63) is 18.5 Å². The first kappa shape index (κ1) is 13.8. The molecule has 1 unspecified atom stereocenters. The average molecular weight is 287 g/mol. The summed E-state index contributed by atoms with van der Waals surface area (Å²) >= 11 is 0. The van der Waals surface area contributed by atoms with Gasteiger partial charge in [-0.05, 0) is 23.8 Å². The highest BCUT2D eigenvalue weighted by molar-refractivity contribution is 5.38. The summed E-state index contributed by atoms with van der Waals surface area (Å²) in [5.41, 5.74) is 6.11. The summed E-state index contributed by atoms with van der Waals surface area (Å²) in [6.07, 6.45) is 4.62. The van der Waals surface area contributed by atoms with Crippen molar-refractivity contribution in [2.75, 3.05) is 23.7 Å². The first-order valence-corrected chi connectivity index (χ1v) is 7.20. The number of nitrogens with zero attached hydrogens (tertiary/aromatic N) is 6. The molecule has 1 aliphatic heterocycles. The van der Waals surface area contributed by atoms with Crippen molar-refractivity contribution in [3.8, 4) is 5.95 Å². The third-order valence-electron chi connectivity index (χ3n) is 4.03. The molecule has 0 spiro atoms. The Labute approximate surface area is 124 Å². The zero-order chi connectivity index (χ0) is 15.0. The van der Waals surface area contributed by atoms with E-state index in [1.807, 2.05) is 6.07 Å². The second-order valence-corrected chi connectivity index (χ2v) is 6.54. The minimum Gasteiger partial charge on any atom is -0.368 e. The van der Waals surface area contributed by atoms with Crippen molar-refractivity contribution >= 4 is 11.9 Å². The van der Waals surface area contributed by atoms with E-state index in [1.54, 1.807) is 17.1 Å². The van der Waals surface area contributed by atoms with Crippen LogP contribution in [0.4, 0.5) is 11.9 Å². The molecule has 0 radical (unpaired) electrons. The number of rotatable bonds is 2. The third kappa shape index (κ3) is 2.81. The average Bonchev–Trinajstić information content (AvgIpc) is 3.09. The molecule has 21 heavy (non-hydrogen) atoms. The quantitative estimate of drug-likeness (QED) is 0.901. The van der Waals surface area contributed by atoms with Crippen LogP contribution in [0, 0.1) is 11.3 Å². The van der Waals surface area contributed by atoms with Crippen LogP contribution in [0.15, 0.2) is 18.5 Å². The SMILES string of the molecule is CC(C)(C)C1CCN(c2nc(N)nc(-n3cccn3)n2)C1. The molecule has 3 rings (SSSR count). The van der Waals surface area contributed by atoms with Crippen molar-refractivity contribution in [3.63, 3.8) is 0 Å². The second kappa shape index (κ2) is 4.98. The van der Waals surface area contributed by atoms with Gasteiger partial charge in [0.1, 0.15) is 0 Å². The molecule has 7 heteroatoms. The van der Waals surface area contributed by atoms with Crippen LogP contribution in [0.2, 0.25) is 0 Å². The van der Waals surface area contributed by atoms with Gasteiger partial charge in [-0.1, -0.05) is 20.8 Å². The van der Waals surface area contributed by atoms with E-state index in [4.69, 9.17) is 5.73 Å². The zero-order valence-corrected chi connectivity index (χ0v) is 12.7. The van der Waals surface area contributed by atoms with Gasteiger partial charge < -0.3 is 10.6 Å². The van der Waals surface area contributed by atoms with E-state index >= 15 is 0 Å². The van der Waals surface area contributed by atoms with E-state index < -0.39 is 0 Å². The summed E-state index contributed by atoms with van der Waals surface area (Å²) in [7, 11) is 0. The number of anilines is 2. The molecular formula is C14H21N7. The highest BCUT2D eigenvalue weighted by Crippen LogP contribution is 2.34. The van der Waals surface area contributed by atoms with E-state index in [9.17, 15) is 0 Å². The van der Waals surface area contributed by atoms with E-state index in [0.717, 1.165) is 19.5 Å². The molecule has 1 atom stereocenters. The maximum Gasteiger partial charge on any atom is 0.257 e. The van der Waals surface area contributed by atoms with E-state index in [0.29, 0.717) is 17.8 Å². The fourth-order valence-electron chi connectivity index (χ4n) is 2.65. The minimum absolute atomic E-state index is 0.227. The summed E-state index contributed by atoms with van der Waals surface area (Å²) in [6.45, 7) is 8.73. The van der Waals surface area contributed by atoms with Crippen LogP contribution in [-0.2, 0) is 0 Å². The Kier molecular flexibility index (Phi) is 3.27. The lowest BCUT2D eigenvalue weighted by Gasteiger charge is -2.27. The van der Waals surface area contributed by atoms with Crippen molar-refractivity contribution in [1.82, 2.24) is 24.7 Å². The van der Waals surface area contributed by atoms with Gasteiger partial charge in [0, 0.05) is 25.5 Å². The largest absolute Gasteiger partial charge is 0.368 e. The lowest BCUT2D eigenvalue weighted by Crippen LogP contribution is -2.27. The Balaban J connectivity index is 1.87. The number of nitrogen functional groups attached to an aromatic ring is 1. The van der Waals surface area contributed by atoms with Crippen LogP contribution < -0.4 is 10.6 Å². The molecule has 0 aliphatic carbocycles. The zero-order valence-electron chi connectivity index (χ0n) is 12.7. The highest BCUT2D eigenvalue weighted by Gasteiger charge is 2.33. The molecule has 2 aromatic heterocycles. The van der Waals surface area contributed by atoms with Gasteiger partial charge in [-0.2, -0.15) is 20.1 Å². The molecule has 0 bridgehead atoms. The molecule has 112 valence electrons. The van der Waals surface area contributed by atoms with Gasteiger partial charge in [-0.3, -0.25) is 0 Å². The molecule has 0 saturated carbocycles. The van der Waals surface area contributed by atoms with Gasteiger partial charge in [0.05, 0.1) is 0 Å². The van der Waals surface area contributed by atoms with Crippen LogP contribution in [0.1, 0.15) is 27.2 Å². The molecule has 2 N–H and O–H groups in total. The number of hydrogen-bond donors (Lipinski definition) is 1. The Morgan fingerprint density at radius 2 is 1.95 bits per heavy atom. The molecule has 3 heterocycles. The monoisotopic (exact) mass is 287 g/mol. The van der Waals surface area contributed by atoms with Crippen LogP contribution in [0.3, 0.4) is 0 Å². The first-order valence-electron chi connectivity index (χ1n) is 7.20. The van der Waals surface area contributed by atoms with Crippen molar-refractivity contribution in [2.24, 2.45) is 11.3 Å². The van der Waals surface area contributed by atoms with E-state index in [1.165, 1.54) is 0 Å². The predicted molar refractivity (Wildman–Crippen MR) is 81.1 cm³/mol. The third-order valence-corrected chi connectivity index (χ3v) is 4.03. The molecule has 1 saturated heterocycles. The van der Waals surface area contributed by atoms with Crippen molar-refractivity contribution < 1.29 is 0 Å². The summed E-state index contributed by atoms with van der Waals surface area (Å²) in [6, 6.07) is 1.82. The standard InChI is InChI=1S/C14H21N7/c1-14(2,3)10-5-8-20(9-10)12-17-11(15)18-13(19-12)21-7-4-6-16-21/h4,6-7,10H,5,8-9H2,1-3H3,(H2,15,17,18,19). The van der Waals surface area contributed by atoms with E-state index in [-0.39, 0.29) is 11.4 Å². The van der Waals surface area contributed by atoms with Gasteiger partial charge in [0.2, 0.25) is 11.9 Å². The molecule has 1 fully saturated rings. The Bertz CT molecular complexity index is 615. The summed E-state index contributed by atoms with van der Waals surface area (Å²) < 4.78 is 1.60. The van der Waals surface area contributed by atoms with Crippen LogP contribution in [0.25, 0.3) is 5.95 Å². The molecule has 0 aromatic carbocycles. The van der Waals surface area contributed by atoms with Gasteiger partial charge >= 0.3 is 0 Å². The summed E-state index contributed by atoms with van der Waals surface area (Å²) in [5, 5.41) is 4.14. The summed E-state index contributed by atoms with van der Waals surface area (Å²) in [4.78, 5) is 15.1. The number of aromatic nitrogens is 5. The van der Waals surface area contributed by atoms with Crippen LogP contribution in [0.5, 0.6) is 0 Å². The fourth-order valence-corrected chi connectivity index (χ4v) is 2.65. The summed E-state index contributed by atoms with van der Waals surface area (Å²) in [5.74, 6) is 1.95. The van der Waals surface area contributed by atoms with Crippen LogP contribution >= 0.6 is 0 Å². The molecule has 2 aromatic rings. The van der Waals surface area contributed by atoms with Crippen LogP contribution in [-0.4, -0.2) is 37.8 Å². The predicted octanol–water partition coefficient (Wildman–Crippen LogP) is 1.51. The lowest BCUT2D eigenvalue weighted by molar-refractivity contribution is 0.263. The Morgan fingerprint density at radius 3 is 2.57 bits per heavy atom. The molecule has 0 amide bonds. The van der Waals surface area contributed by atoms with Gasteiger partial charge in [0.15, 0.2) is 0 Å². The molecule has 1 aliphatic rings. The van der Waals surface area contributed by atoms with E-state index in [2.05, 4.69) is 45.7 Å². The Morgan fingerprint density at radius 1 is 1.19 bits per heavy atom. The lowest BCUT2D eigenvalue weighted by atomic mass is 9.80. The maximum absolute atomic E-state index is 5.82. The first-order chi connectivity index (χ1) is 9.93. The fraction of sp³-hybridized carbons (Fsp3) is 0.571. The van der Waals surface area contributed by atoms with Gasteiger partial charge in [0.25, 0.3) is 5.95 Å².